The number of ether oxygens (including phenoxy) is 1. The zero-order valence-corrected chi connectivity index (χ0v) is 16.1. The number of hydrogen-bond donors (Lipinski definition) is 1. The van der Waals surface area contributed by atoms with Crippen molar-refractivity contribution in [2.24, 2.45) is 0 Å². The maximum Gasteiger partial charge on any atom is 0.361 e. The molecule has 5 nitrogen and oxygen atoms in total. The molecule has 3 rings (SSSR count). The fraction of sp³-hybridized carbons (Fsp3) is 0.273. The Morgan fingerprint density at radius 1 is 1.11 bits per heavy atom. The fourth-order valence-corrected chi connectivity index (χ4v) is 2.78. The molecule has 0 unspecified atom stereocenters. The van der Waals surface area contributed by atoms with Gasteiger partial charge in [0.05, 0.1) is 6.61 Å². The summed E-state index contributed by atoms with van der Waals surface area (Å²) in [6.45, 7) is 8.47. The summed E-state index contributed by atoms with van der Waals surface area (Å²) in [5.74, 6) is 0.148. The van der Waals surface area contributed by atoms with Crippen molar-refractivity contribution in [3.8, 4) is 22.8 Å². The van der Waals surface area contributed by atoms with Gasteiger partial charge >= 0.3 is 5.97 Å². The molecule has 5 heteroatoms. The highest BCUT2D eigenvalue weighted by molar-refractivity contribution is 5.96. The highest BCUT2D eigenvalue weighted by atomic mass is 16.5. The largest absolute Gasteiger partial charge is 0.461 e. The zero-order valence-electron chi connectivity index (χ0n) is 16.1. The molecule has 0 saturated heterocycles. The van der Waals surface area contributed by atoms with Crippen LogP contribution in [0.3, 0.4) is 0 Å². The van der Waals surface area contributed by atoms with Gasteiger partial charge in [0.2, 0.25) is 5.89 Å². The summed E-state index contributed by atoms with van der Waals surface area (Å²) in [6, 6.07) is 15.2. The van der Waals surface area contributed by atoms with Crippen LogP contribution >= 0.6 is 0 Å². The first-order valence-electron chi connectivity index (χ1n) is 8.95. The number of carbonyl (C=O) groups is 1. The maximum atomic E-state index is 12.4. The molecule has 140 valence electrons. The minimum atomic E-state index is -0.530. The van der Waals surface area contributed by atoms with E-state index < -0.39 is 5.97 Å². The van der Waals surface area contributed by atoms with Gasteiger partial charge in [-0.2, -0.15) is 0 Å². The summed E-state index contributed by atoms with van der Waals surface area (Å²) in [6.07, 6.45) is 0. The van der Waals surface area contributed by atoms with Crippen molar-refractivity contribution in [2.75, 3.05) is 12.3 Å². The molecule has 2 N–H and O–H groups in total. The predicted octanol–water partition coefficient (Wildman–Crippen LogP) is 5.07. The second-order valence-corrected chi connectivity index (χ2v) is 7.33. The average molecular weight is 364 g/mol. The third-order valence-electron chi connectivity index (χ3n) is 4.30. The molecule has 2 aromatic carbocycles. The van der Waals surface area contributed by atoms with Crippen LogP contribution in [0.1, 0.15) is 43.7 Å². The summed E-state index contributed by atoms with van der Waals surface area (Å²) in [5, 5.41) is 0. The van der Waals surface area contributed by atoms with Crippen LogP contribution in [0.15, 0.2) is 52.9 Å². The van der Waals surface area contributed by atoms with E-state index in [2.05, 4.69) is 25.8 Å². The van der Waals surface area contributed by atoms with Crippen molar-refractivity contribution in [3.63, 3.8) is 0 Å². The molecule has 27 heavy (non-hydrogen) atoms. The average Bonchev–Trinajstić information content (AvgIpc) is 3.07. The number of aromatic nitrogens is 1. The Morgan fingerprint density at radius 3 is 2.37 bits per heavy atom. The summed E-state index contributed by atoms with van der Waals surface area (Å²) >= 11 is 0. The van der Waals surface area contributed by atoms with E-state index in [0.29, 0.717) is 22.9 Å². The molecule has 0 amide bonds. The van der Waals surface area contributed by atoms with Crippen LogP contribution in [0.4, 0.5) is 5.69 Å². The topological polar surface area (TPSA) is 78.3 Å². The van der Waals surface area contributed by atoms with Crippen molar-refractivity contribution in [2.45, 2.75) is 33.1 Å². The summed E-state index contributed by atoms with van der Waals surface area (Å²) < 4.78 is 11.1. The monoisotopic (exact) mass is 364 g/mol. The number of esters is 1. The van der Waals surface area contributed by atoms with Gasteiger partial charge in [0.25, 0.3) is 0 Å². The number of para-hydroxylation sites is 1. The molecule has 0 aliphatic rings. The van der Waals surface area contributed by atoms with Gasteiger partial charge in [-0.05, 0) is 42.2 Å². The van der Waals surface area contributed by atoms with E-state index in [-0.39, 0.29) is 17.7 Å². The lowest BCUT2D eigenvalue weighted by Crippen LogP contribution is -2.10. The Labute approximate surface area is 159 Å². The van der Waals surface area contributed by atoms with E-state index in [0.717, 1.165) is 5.56 Å². The van der Waals surface area contributed by atoms with Gasteiger partial charge in [-0.3, -0.25) is 0 Å². The quantitative estimate of drug-likeness (QED) is 0.517. The second-order valence-electron chi connectivity index (χ2n) is 7.33. The van der Waals surface area contributed by atoms with Crippen molar-refractivity contribution in [3.05, 3.63) is 59.8 Å². The molecule has 0 bridgehead atoms. The smallest absolute Gasteiger partial charge is 0.361 e. The summed E-state index contributed by atoms with van der Waals surface area (Å²) in [4.78, 5) is 16.8. The lowest BCUT2D eigenvalue weighted by Gasteiger charge is -2.18. The minimum Gasteiger partial charge on any atom is -0.461 e. The molecule has 0 saturated carbocycles. The molecule has 0 radical (unpaired) electrons. The number of hydrogen-bond acceptors (Lipinski definition) is 5. The predicted molar refractivity (Wildman–Crippen MR) is 106 cm³/mol. The van der Waals surface area contributed by atoms with Crippen LogP contribution in [0.5, 0.6) is 0 Å². The fourth-order valence-electron chi connectivity index (χ4n) is 2.78. The zero-order chi connectivity index (χ0) is 19.6. The summed E-state index contributed by atoms with van der Waals surface area (Å²) in [7, 11) is 0. The molecular weight excluding hydrogens is 340 g/mol. The van der Waals surface area contributed by atoms with E-state index in [4.69, 9.17) is 14.9 Å². The van der Waals surface area contributed by atoms with E-state index in [9.17, 15) is 4.79 Å². The van der Waals surface area contributed by atoms with Crippen molar-refractivity contribution in [1.29, 1.82) is 0 Å². The van der Waals surface area contributed by atoms with Crippen LogP contribution in [-0.4, -0.2) is 17.6 Å². The highest BCUT2D eigenvalue weighted by Gasteiger charge is 2.24. The van der Waals surface area contributed by atoms with Gasteiger partial charge in [0.1, 0.15) is 0 Å². The van der Waals surface area contributed by atoms with Crippen LogP contribution in [-0.2, 0) is 10.2 Å². The maximum absolute atomic E-state index is 12.4. The Morgan fingerprint density at radius 2 is 1.78 bits per heavy atom. The van der Waals surface area contributed by atoms with Crippen molar-refractivity contribution < 1.29 is 13.9 Å². The summed E-state index contributed by atoms with van der Waals surface area (Å²) in [5.41, 5.74) is 9.37. The Kier molecular flexibility index (Phi) is 5.04. The molecule has 0 atom stereocenters. The molecule has 0 spiro atoms. The number of anilines is 1. The Bertz CT molecular complexity index is 950. The SMILES string of the molecule is CCOC(=O)c1nc(-c2ccc(C(C)(C)C)cc2)oc1-c1ccccc1N. The van der Waals surface area contributed by atoms with E-state index in [1.54, 1.807) is 19.1 Å². The molecule has 1 aromatic heterocycles. The lowest BCUT2D eigenvalue weighted by molar-refractivity contribution is 0.0520. The molecule has 0 aliphatic carbocycles. The van der Waals surface area contributed by atoms with Gasteiger partial charge in [-0.15, -0.1) is 0 Å². The van der Waals surface area contributed by atoms with Gasteiger partial charge in [-0.1, -0.05) is 45.0 Å². The van der Waals surface area contributed by atoms with Crippen LogP contribution in [0.2, 0.25) is 0 Å². The second kappa shape index (κ2) is 7.27. The van der Waals surface area contributed by atoms with Crippen LogP contribution in [0.25, 0.3) is 22.8 Å². The van der Waals surface area contributed by atoms with Crippen molar-refractivity contribution in [1.82, 2.24) is 4.98 Å². The third kappa shape index (κ3) is 3.87. The van der Waals surface area contributed by atoms with E-state index in [1.807, 2.05) is 36.4 Å². The normalized spacial score (nSPS) is 11.4. The highest BCUT2D eigenvalue weighted by Crippen LogP contribution is 2.34. The lowest BCUT2D eigenvalue weighted by atomic mass is 9.87. The molecule has 0 aliphatic heterocycles. The number of nitrogen functional groups attached to an aromatic ring is 1. The minimum absolute atomic E-state index is 0.0505. The van der Waals surface area contributed by atoms with Gasteiger partial charge in [0, 0.05) is 16.8 Å². The first-order chi connectivity index (χ1) is 12.8. The number of nitrogens with two attached hydrogens (primary N) is 1. The van der Waals surface area contributed by atoms with E-state index >= 15 is 0 Å². The molecule has 0 fully saturated rings. The number of rotatable bonds is 4. The Hall–Kier alpha value is -3.08. The van der Waals surface area contributed by atoms with E-state index in [1.165, 1.54) is 5.56 Å². The first kappa shape index (κ1) is 18.7. The third-order valence-corrected chi connectivity index (χ3v) is 4.30. The van der Waals surface area contributed by atoms with Gasteiger partial charge < -0.3 is 14.9 Å². The molecule has 1 heterocycles. The van der Waals surface area contributed by atoms with Crippen LogP contribution < -0.4 is 5.73 Å². The van der Waals surface area contributed by atoms with Gasteiger partial charge in [0.15, 0.2) is 11.5 Å². The first-order valence-corrected chi connectivity index (χ1v) is 8.95. The molecule has 3 aromatic rings. The number of carbonyl (C=O) groups excluding carboxylic acids is 1. The molecular formula is C22H24N2O3. The number of benzene rings is 2. The Balaban J connectivity index is 2.09. The van der Waals surface area contributed by atoms with Gasteiger partial charge in [-0.25, -0.2) is 9.78 Å². The van der Waals surface area contributed by atoms with Crippen molar-refractivity contribution >= 4 is 11.7 Å². The number of oxazole rings is 1. The standard InChI is InChI=1S/C22H24N2O3/c1-5-26-21(25)18-19(16-8-6-7-9-17(16)23)27-20(24-18)14-10-12-15(13-11-14)22(2,3)4/h6-13H,5,23H2,1-4H3. The number of nitrogens with zero attached hydrogens (tertiary/aromatic N) is 1. The van der Waals surface area contributed by atoms with Crippen LogP contribution in [0, 0.1) is 0 Å².